The minimum atomic E-state index is -0.305. The SMILES string of the molecule is CCOc1cncc(C(N)c2ccc(C)cc2Cl)c1. The van der Waals surface area contributed by atoms with Crippen molar-refractivity contribution in [3.05, 3.63) is 58.4 Å². The number of aromatic nitrogens is 1. The van der Waals surface area contributed by atoms with Gasteiger partial charge in [-0.3, -0.25) is 4.98 Å². The highest BCUT2D eigenvalue weighted by Gasteiger charge is 2.13. The summed E-state index contributed by atoms with van der Waals surface area (Å²) in [7, 11) is 0. The van der Waals surface area contributed by atoms with Gasteiger partial charge in [-0.2, -0.15) is 0 Å². The average molecular weight is 277 g/mol. The molecule has 1 unspecified atom stereocenters. The van der Waals surface area contributed by atoms with Crippen LogP contribution >= 0.6 is 11.6 Å². The number of hydrogen-bond donors (Lipinski definition) is 1. The topological polar surface area (TPSA) is 48.1 Å². The lowest BCUT2D eigenvalue weighted by molar-refractivity contribution is 0.338. The molecule has 1 aromatic heterocycles. The van der Waals surface area contributed by atoms with Crippen LogP contribution in [0.4, 0.5) is 0 Å². The van der Waals surface area contributed by atoms with Gasteiger partial charge >= 0.3 is 0 Å². The number of benzene rings is 1. The number of rotatable bonds is 4. The molecule has 19 heavy (non-hydrogen) atoms. The molecular weight excluding hydrogens is 260 g/mol. The lowest BCUT2D eigenvalue weighted by atomic mass is 10.00. The number of nitrogens with zero attached hydrogens (tertiary/aromatic N) is 1. The van der Waals surface area contributed by atoms with E-state index in [1.165, 1.54) is 0 Å². The Morgan fingerprint density at radius 1 is 1.32 bits per heavy atom. The van der Waals surface area contributed by atoms with Crippen molar-refractivity contribution in [2.75, 3.05) is 6.61 Å². The lowest BCUT2D eigenvalue weighted by Gasteiger charge is -2.15. The molecule has 1 aromatic carbocycles. The van der Waals surface area contributed by atoms with Crippen LogP contribution in [0.1, 0.15) is 29.7 Å². The van der Waals surface area contributed by atoms with Gasteiger partial charge in [0.25, 0.3) is 0 Å². The first-order valence-electron chi connectivity index (χ1n) is 6.21. The van der Waals surface area contributed by atoms with Crippen molar-refractivity contribution < 1.29 is 4.74 Å². The van der Waals surface area contributed by atoms with Crippen LogP contribution in [0.2, 0.25) is 5.02 Å². The maximum atomic E-state index is 6.25. The second-order valence-electron chi connectivity index (χ2n) is 4.39. The fourth-order valence-electron chi connectivity index (χ4n) is 1.92. The maximum Gasteiger partial charge on any atom is 0.137 e. The first kappa shape index (κ1) is 13.8. The summed E-state index contributed by atoms with van der Waals surface area (Å²) in [5, 5.41) is 0.675. The number of hydrogen-bond acceptors (Lipinski definition) is 3. The Labute approximate surface area is 118 Å². The van der Waals surface area contributed by atoms with Crippen LogP contribution in [0, 0.1) is 6.92 Å². The largest absolute Gasteiger partial charge is 0.492 e. The Morgan fingerprint density at radius 2 is 2.11 bits per heavy atom. The molecule has 0 radical (unpaired) electrons. The summed E-state index contributed by atoms with van der Waals surface area (Å²) < 4.78 is 5.43. The molecule has 0 fully saturated rings. The molecule has 2 aromatic rings. The van der Waals surface area contributed by atoms with Crippen molar-refractivity contribution in [1.82, 2.24) is 4.98 Å². The zero-order valence-electron chi connectivity index (χ0n) is 11.1. The number of ether oxygens (including phenoxy) is 1. The van der Waals surface area contributed by atoms with E-state index in [1.54, 1.807) is 12.4 Å². The van der Waals surface area contributed by atoms with E-state index < -0.39 is 0 Å². The third kappa shape index (κ3) is 3.25. The lowest BCUT2D eigenvalue weighted by Crippen LogP contribution is -2.13. The van der Waals surface area contributed by atoms with Gasteiger partial charge in [0, 0.05) is 11.2 Å². The van der Waals surface area contributed by atoms with Gasteiger partial charge in [0.1, 0.15) is 5.75 Å². The Bertz CT molecular complexity index is 572. The maximum absolute atomic E-state index is 6.25. The molecule has 2 N–H and O–H groups in total. The fourth-order valence-corrected chi connectivity index (χ4v) is 2.27. The minimum absolute atomic E-state index is 0.305. The van der Waals surface area contributed by atoms with Crippen molar-refractivity contribution in [1.29, 1.82) is 0 Å². The zero-order chi connectivity index (χ0) is 13.8. The van der Waals surface area contributed by atoms with Gasteiger partial charge in [0.2, 0.25) is 0 Å². The normalized spacial score (nSPS) is 12.2. The van der Waals surface area contributed by atoms with E-state index in [2.05, 4.69) is 4.98 Å². The second kappa shape index (κ2) is 6.04. The highest BCUT2D eigenvalue weighted by Crippen LogP contribution is 2.28. The first-order valence-corrected chi connectivity index (χ1v) is 6.59. The molecule has 100 valence electrons. The predicted octanol–water partition coefficient (Wildman–Crippen LogP) is 3.49. The van der Waals surface area contributed by atoms with E-state index in [0.717, 1.165) is 22.4 Å². The van der Waals surface area contributed by atoms with Gasteiger partial charge in [-0.25, -0.2) is 0 Å². The molecule has 0 aliphatic carbocycles. The van der Waals surface area contributed by atoms with E-state index in [1.807, 2.05) is 38.1 Å². The molecule has 4 heteroatoms. The van der Waals surface area contributed by atoms with Crippen LogP contribution in [-0.4, -0.2) is 11.6 Å². The van der Waals surface area contributed by atoms with Crippen molar-refractivity contribution in [2.45, 2.75) is 19.9 Å². The molecule has 1 atom stereocenters. The molecule has 0 aliphatic rings. The molecule has 3 nitrogen and oxygen atoms in total. The smallest absolute Gasteiger partial charge is 0.137 e. The van der Waals surface area contributed by atoms with Crippen molar-refractivity contribution in [2.24, 2.45) is 5.73 Å². The summed E-state index contributed by atoms with van der Waals surface area (Å²) in [6.45, 7) is 4.54. The Morgan fingerprint density at radius 3 is 2.79 bits per heavy atom. The molecule has 0 amide bonds. The van der Waals surface area contributed by atoms with Crippen LogP contribution in [0.3, 0.4) is 0 Å². The highest BCUT2D eigenvalue weighted by atomic mass is 35.5. The quantitative estimate of drug-likeness (QED) is 0.930. The molecule has 0 saturated carbocycles. The first-order chi connectivity index (χ1) is 9.11. The van der Waals surface area contributed by atoms with Crippen LogP contribution in [0.15, 0.2) is 36.7 Å². The van der Waals surface area contributed by atoms with Crippen LogP contribution in [-0.2, 0) is 0 Å². The van der Waals surface area contributed by atoms with Crippen LogP contribution in [0.25, 0.3) is 0 Å². The summed E-state index contributed by atoms with van der Waals surface area (Å²) in [6.07, 6.45) is 3.42. The van der Waals surface area contributed by atoms with E-state index >= 15 is 0 Å². The number of nitrogens with two attached hydrogens (primary N) is 1. The molecule has 0 aliphatic heterocycles. The Hall–Kier alpha value is -1.58. The molecule has 0 bridgehead atoms. The predicted molar refractivity (Wildman–Crippen MR) is 77.6 cm³/mol. The summed E-state index contributed by atoms with van der Waals surface area (Å²) in [4.78, 5) is 4.15. The molecule has 0 spiro atoms. The monoisotopic (exact) mass is 276 g/mol. The standard InChI is InChI=1S/C15H17ClN2O/c1-3-19-12-7-11(8-18-9-12)15(17)13-5-4-10(2)6-14(13)16/h4-9,15H,3,17H2,1-2H3. The third-order valence-corrected chi connectivity index (χ3v) is 3.22. The van der Waals surface area contributed by atoms with Gasteiger partial charge in [-0.1, -0.05) is 23.7 Å². The Balaban J connectivity index is 2.32. The van der Waals surface area contributed by atoms with Crippen molar-refractivity contribution in [3.8, 4) is 5.75 Å². The number of aryl methyl sites for hydroxylation is 1. The van der Waals surface area contributed by atoms with Gasteiger partial charge in [0.15, 0.2) is 0 Å². The molecule has 2 rings (SSSR count). The van der Waals surface area contributed by atoms with Gasteiger partial charge < -0.3 is 10.5 Å². The van der Waals surface area contributed by atoms with Crippen molar-refractivity contribution >= 4 is 11.6 Å². The third-order valence-electron chi connectivity index (χ3n) is 2.90. The molecular formula is C15H17ClN2O. The second-order valence-corrected chi connectivity index (χ2v) is 4.80. The van der Waals surface area contributed by atoms with E-state index in [4.69, 9.17) is 22.1 Å². The van der Waals surface area contributed by atoms with E-state index in [0.29, 0.717) is 11.6 Å². The summed E-state index contributed by atoms with van der Waals surface area (Å²) in [5.74, 6) is 0.721. The van der Waals surface area contributed by atoms with Crippen LogP contribution < -0.4 is 10.5 Å². The van der Waals surface area contributed by atoms with Crippen molar-refractivity contribution in [3.63, 3.8) is 0 Å². The van der Waals surface area contributed by atoms with Gasteiger partial charge in [-0.05, 0) is 42.7 Å². The summed E-state index contributed by atoms with van der Waals surface area (Å²) in [6, 6.07) is 7.46. The Kier molecular flexibility index (Phi) is 4.40. The minimum Gasteiger partial charge on any atom is -0.492 e. The van der Waals surface area contributed by atoms with Crippen LogP contribution in [0.5, 0.6) is 5.75 Å². The van der Waals surface area contributed by atoms with Gasteiger partial charge in [-0.15, -0.1) is 0 Å². The number of pyridine rings is 1. The molecule has 1 heterocycles. The summed E-state index contributed by atoms with van der Waals surface area (Å²) in [5.41, 5.74) is 9.14. The molecule has 0 saturated heterocycles. The zero-order valence-corrected chi connectivity index (χ0v) is 11.8. The highest BCUT2D eigenvalue weighted by molar-refractivity contribution is 6.31. The van der Waals surface area contributed by atoms with E-state index in [-0.39, 0.29) is 6.04 Å². The van der Waals surface area contributed by atoms with Gasteiger partial charge in [0.05, 0.1) is 18.8 Å². The summed E-state index contributed by atoms with van der Waals surface area (Å²) >= 11 is 6.24. The number of halogens is 1. The van der Waals surface area contributed by atoms with E-state index in [9.17, 15) is 0 Å². The fraction of sp³-hybridized carbons (Fsp3) is 0.267. The average Bonchev–Trinajstić information content (AvgIpc) is 2.39.